The number of anilines is 2. The highest BCUT2D eigenvalue weighted by Crippen LogP contribution is 2.38. The number of ketones is 1. The van der Waals surface area contributed by atoms with Crippen molar-refractivity contribution >= 4 is 35.0 Å². The zero-order valence-electron chi connectivity index (χ0n) is 21.4. The number of aryl methyl sites for hydroxylation is 1. The van der Waals surface area contributed by atoms with E-state index >= 15 is 0 Å². The van der Waals surface area contributed by atoms with E-state index in [1.165, 1.54) is 13.0 Å². The normalized spacial score (nSPS) is 15.5. The Balaban J connectivity index is 1.60. The van der Waals surface area contributed by atoms with E-state index in [1.54, 1.807) is 12.1 Å². The molecule has 3 aromatic rings. The third-order valence-corrected chi connectivity index (χ3v) is 7.58. The zero-order valence-corrected chi connectivity index (χ0v) is 22.2. The summed E-state index contributed by atoms with van der Waals surface area (Å²) < 4.78 is 14.4. The van der Waals surface area contributed by atoms with Gasteiger partial charge < -0.3 is 10.4 Å². The van der Waals surface area contributed by atoms with Gasteiger partial charge in [0.25, 0.3) is 0 Å². The molecule has 0 radical (unpaired) electrons. The molecule has 8 nitrogen and oxygen atoms in total. The van der Waals surface area contributed by atoms with Gasteiger partial charge in [0.05, 0.1) is 10.4 Å². The number of piperidine rings is 1. The molecule has 1 aromatic carbocycles. The Bertz CT molecular complexity index is 1350. The monoisotopic (exact) mass is 527 g/mol. The number of Topliss-reactive ketones (excluding diaryl/α,β-unsaturated/α-hetero) is 1. The number of carboxylic acid groups (broad SMARTS) is 1. The maximum Gasteiger partial charge on any atom is 0.310 e. The molecule has 4 rings (SSSR count). The Morgan fingerprint density at radius 3 is 2.51 bits per heavy atom. The summed E-state index contributed by atoms with van der Waals surface area (Å²) in [7, 11) is 0. The standard InChI is InChI=1S/C27H31ClFN5O3/c1-15-12-22(33-32-15)31-25-17(3)23(18(4)35)16(2)21(30-25)13-27(26(36)37)8-10-34(11-9-27)14-19-6-5-7-20(28)24(19)29/h5-7,12H,8-11,13-14H2,1-4H3,(H,36,37)(H2,30,31,32,33). The van der Waals surface area contributed by atoms with Crippen molar-refractivity contribution in [2.45, 2.75) is 53.5 Å². The molecule has 0 bridgehead atoms. The first-order chi connectivity index (χ1) is 17.5. The molecule has 1 saturated heterocycles. The molecular formula is C27H31ClFN5O3. The number of pyridine rings is 1. The van der Waals surface area contributed by atoms with Gasteiger partial charge in [0.15, 0.2) is 11.6 Å². The fourth-order valence-electron chi connectivity index (χ4n) is 5.11. The largest absolute Gasteiger partial charge is 0.481 e. The number of hydrogen-bond acceptors (Lipinski definition) is 6. The van der Waals surface area contributed by atoms with E-state index in [-0.39, 0.29) is 17.2 Å². The average Bonchev–Trinajstić information content (AvgIpc) is 3.25. The number of likely N-dealkylation sites (tertiary alicyclic amines) is 1. The Labute approximate surface area is 220 Å². The molecule has 196 valence electrons. The third kappa shape index (κ3) is 5.52. The van der Waals surface area contributed by atoms with Crippen molar-refractivity contribution in [3.05, 3.63) is 68.7 Å². The highest BCUT2D eigenvalue weighted by molar-refractivity contribution is 6.30. The minimum Gasteiger partial charge on any atom is -0.481 e. The number of carbonyl (C=O) groups excluding carboxylic acids is 1. The van der Waals surface area contributed by atoms with Gasteiger partial charge in [-0.3, -0.25) is 19.6 Å². The smallest absolute Gasteiger partial charge is 0.310 e. The maximum atomic E-state index is 14.4. The number of hydrogen-bond donors (Lipinski definition) is 3. The Morgan fingerprint density at radius 1 is 1.22 bits per heavy atom. The van der Waals surface area contributed by atoms with Crippen LogP contribution >= 0.6 is 11.6 Å². The molecular weight excluding hydrogens is 497 g/mol. The average molecular weight is 528 g/mol. The highest BCUT2D eigenvalue weighted by Gasteiger charge is 2.42. The van der Waals surface area contributed by atoms with Crippen molar-refractivity contribution in [2.75, 3.05) is 18.4 Å². The second kappa shape index (κ2) is 10.6. The van der Waals surface area contributed by atoms with E-state index in [1.807, 2.05) is 31.7 Å². The van der Waals surface area contributed by atoms with Gasteiger partial charge in [-0.05, 0) is 65.3 Å². The van der Waals surface area contributed by atoms with Crippen LogP contribution in [0, 0.1) is 32.0 Å². The van der Waals surface area contributed by atoms with Crippen LogP contribution in [-0.2, 0) is 17.8 Å². The van der Waals surface area contributed by atoms with Gasteiger partial charge in [0, 0.05) is 47.1 Å². The summed E-state index contributed by atoms with van der Waals surface area (Å²) in [6.45, 7) is 8.35. The quantitative estimate of drug-likeness (QED) is 0.337. The number of carbonyl (C=O) groups is 2. The molecule has 0 aliphatic carbocycles. The number of carboxylic acids is 1. The lowest BCUT2D eigenvalue weighted by Gasteiger charge is -2.39. The first kappa shape index (κ1) is 26.8. The van der Waals surface area contributed by atoms with Crippen molar-refractivity contribution in [3.63, 3.8) is 0 Å². The van der Waals surface area contributed by atoms with E-state index in [0.29, 0.717) is 72.1 Å². The van der Waals surface area contributed by atoms with Gasteiger partial charge in [-0.25, -0.2) is 9.37 Å². The summed E-state index contributed by atoms with van der Waals surface area (Å²) in [6, 6.07) is 6.74. The number of aromatic amines is 1. The van der Waals surface area contributed by atoms with Crippen molar-refractivity contribution in [2.24, 2.45) is 5.41 Å². The van der Waals surface area contributed by atoms with E-state index in [0.717, 1.165) is 5.69 Å². The molecule has 0 spiro atoms. The predicted molar refractivity (Wildman–Crippen MR) is 140 cm³/mol. The number of aromatic nitrogens is 3. The molecule has 0 unspecified atom stereocenters. The minimum atomic E-state index is -1.05. The second-order valence-corrected chi connectivity index (χ2v) is 10.3. The van der Waals surface area contributed by atoms with Gasteiger partial charge in [0.2, 0.25) is 0 Å². The molecule has 0 amide bonds. The number of rotatable bonds is 8. The van der Waals surface area contributed by atoms with E-state index in [4.69, 9.17) is 16.6 Å². The lowest BCUT2D eigenvalue weighted by atomic mass is 9.73. The van der Waals surface area contributed by atoms with Crippen LogP contribution in [0.2, 0.25) is 5.02 Å². The predicted octanol–water partition coefficient (Wildman–Crippen LogP) is 5.38. The number of aliphatic carboxylic acids is 1. The molecule has 10 heteroatoms. The van der Waals surface area contributed by atoms with Crippen LogP contribution in [-0.4, -0.2) is 50.0 Å². The van der Waals surface area contributed by atoms with Gasteiger partial charge >= 0.3 is 5.97 Å². The minimum absolute atomic E-state index is 0.0750. The van der Waals surface area contributed by atoms with E-state index < -0.39 is 17.2 Å². The number of nitrogens with zero attached hydrogens (tertiary/aromatic N) is 3. The number of H-pyrrole nitrogens is 1. The molecule has 2 aromatic heterocycles. The lowest BCUT2D eigenvalue weighted by Crippen LogP contribution is -2.45. The first-order valence-corrected chi connectivity index (χ1v) is 12.6. The summed E-state index contributed by atoms with van der Waals surface area (Å²) in [5.41, 5.74) is 2.80. The van der Waals surface area contributed by atoms with Gasteiger partial charge in [-0.15, -0.1) is 0 Å². The molecule has 1 aliphatic heterocycles. The summed E-state index contributed by atoms with van der Waals surface area (Å²) in [6.07, 6.45) is 0.925. The molecule has 37 heavy (non-hydrogen) atoms. The molecule has 1 fully saturated rings. The fourth-order valence-corrected chi connectivity index (χ4v) is 5.30. The van der Waals surface area contributed by atoms with Gasteiger partial charge in [-0.2, -0.15) is 5.10 Å². The summed E-state index contributed by atoms with van der Waals surface area (Å²) in [5.74, 6) is -0.409. The van der Waals surface area contributed by atoms with Crippen LogP contribution in [0.3, 0.4) is 0 Å². The first-order valence-electron chi connectivity index (χ1n) is 12.2. The summed E-state index contributed by atoms with van der Waals surface area (Å²) >= 11 is 5.92. The van der Waals surface area contributed by atoms with E-state index in [2.05, 4.69) is 15.5 Å². The van der Waals surface area contributed by atoms with Gasteiger partial charge in [0.1, 0.15) is 11.6 Å². The van der Waals surface area contributed by atoms with Crippen LogP contribution in [0.25, 0.3) is 0 Å². The molecule has 1 aliphatic rings. The maximum absolute atomic E-state index is 14.4. The van der Waals surface area contributed by atoms with Crippen LogP contribution in [0.1, 0.15) is 58.2 Å². The molecule has 0 saturated carbocycles. The highest BCUT2D eigenvalue weighted by atomic mass is 35.5. The molecule has 0 atom stereocenters. The second-order valence-electron chi connectivity index (χ2n) is 9.90. The Morgan fingerprint density at radius 2 is 1.92 bits per heavy atom. The number of benzene rings is 1. The lowest BCUT2D eigenvalue weighted by molar-refractivity contribution is -0.152. The van der Waals surface area contributed by atoms with Crippen LogP contribution in [0.4, 0.5) is 16.0 Å². The summed E-state index contributed by atoms with van der Waals surface area (Å²) in [5, 5.41) is 20.6. The van der Waals surface area contributed by atoms with Crippen LogP contribution in [0.15, 0.2) is 24.3 Å². The van der Waals surface area contributed by atoms with E-state index in [9.17, 15) is 19.1 Å². The third-order valence-electron chi connectivity index (χ3n) is 7.29. The summed E-state index contributed by atoms with van der Waals surface area (Å²) in [4.78, 5) is 32.0. The van der Waals surface area contributed by atoms with Crippen molar-refractivity contribution in [1.29, 1.82) is 0 Å². The fraction of sp³-hybridized carbons (Fsp3) is 0.407. The van der Waals surface area contributed by atoms with Crippen molar-refractivity contribution < 1.29 is 19.1 Å². The van der Waals surface area contributed by atoms with Crippen LogP contribution in [0.5, 0.6) is 0 Å². The SMILES string of the molecule is CC(=O)c1c(C)c(CC2(C(=O)O)CCN(Cc3cccc(Cl)c3F)CC2)nc(Nc2cc(C)[nH]n2)c1C. The zero-order chi connectivity index (χ0) is 26.9. The number of halogens is 2. The Hall–Kier alpha value is -3.30. The number of nitrogens with one attached hydrogen (secondary N) is 2. The van der Waals surface area contributed by atoms with Crippen molar-refractivity contribution in [1.82, 2.24) is 20.1 Å². The Kier molecular flexibility index (Phi) is 7.66. The van der Waals surface area contributed by atoms with Crippen LogP contribution < -0.4 is 5.32 Å². The topological polar surface area (TPSA) is 111 Å². The van der Waals surface area contributed by atoms with Gasteiger partial charge in [-0.1, -0.05) is 23.7 Å². The molecule has 3 N–H and O–H groups in total. The molecule has 3 heterocycles. The van der Waals surface area contributed by atoms with Crippen molar-refractivity contribution in [3.8, 4) is 0 Å².